The first kappa shape index (κ1) is 17.8. The summed E-state index contributed by atoms with van der Waals surface area (Å²) in [6.07, 6.45) is 6.34. The van der Waals surface area contributed by atoms with Crippen LogP contribution in [0.15, 0.2) is 59.8 Å². The molecule has 0 unspecified atom stereocenters. The second-order valence-electron chi connectivity index (χ2n) is 5.41. The molecule has 2 N–H and O–H groups in total. The van der Waals surface area contributed by atoms with E-state index in [2.05, 4.69) is 15.0 Å². The maximum Gasteiger partial charge on any atom is 0.248 e. The van der Waals surface area contributed by atoms with E-state index in [1.807, 2.05) is 6.07 Å². The molecular weight excluding hydrogens is 326 g/mol. The molecule has 2 rings (SSSR count). The number of hydrogen-bond acceptors (Lipinski definition) is 4. The number of pyridine rings is 1. The minimum atomic E-state index is -3.53. The lowest BCUT2D eigenvalue weighted by Crippen LogP contribution is -2.30. The second kappa shape index (κ2) is 7.85. The van der Waals surface area contributed by atoms with Crippen molar-refractivity contribution in [3.8, 4) is 0 Å². The Labute approximate surface area is 141 Å². The minimum Gasteiger partial charge on any atom is -0.323 e. The SMILES string of the molecule is CC(C)NS(=O)(=O)c1ccc(NC(=O)/C=C/c2cccnc2)cc1. The molecule has 0 aliphatic rings. The van der Waals surface area contributed by atoms with E-state index in [1.165, 1.54) is 18.2 Å². The van der Waals surface area contributed by atoms with E-state index >= 15 is 0 Å². The number of carbonyl (C=O) groups excluding carboxylic acids is 1. The normalized spacial score (nSPS) is 11.8. The van der Waals surface area contributed by atoms with Crippen molar-refractivity contribution in [2.24, 2.45) is 0 Å². The van der Waals surface area contributed by atoms with E-state index < -0.39 is 10.0 Å². The number of sulfonamides is 1. The van der Waals surface area contributed by atoms with Crippen LogP contribution in [0.5, 0.6) is 0 Å². The van der Waals surface area contributed by atoms with Gasteiger partial charge in [0, 0.05) is 30.2 Å². The standard InChI is InChI=1S/C17H19N3O3S/c1-13(2)20-24(22,23)16-8-6-15(7-9-16)19-17(21)10-5-14-4-3-11-18-12-14/h3-13,20H,1-2H3,(H,19,21)/b10-5+. The van der Waals surface area contributed by atoms with Gasteiger partial charge in [0.1, 0.15) is 0 Å². The third kappa shape index (κ3) is 5.29. The number of rotatable bonds is 6. The number of nitrogens with zero attached hydrogens (tertiary/aromatic N) is 1. The van der Waals surface area contributed by atoms with E-state index in [1.54, 1.807) is 50.5 Å². The Morgan fingerprint density at radius 3 is 2.46 bits per heavy atom. The van der Waals surface area contributed by atoms with Crippen molar-refractivity contribution in [1.29, 1.82) is 0 Å². The molecule has 0 bridgehead atoms. The van der Waals surface area contributed by atoms with Crippen LogP contribution in [-0.4, -0.2) is 25.4 Å². The fourth-order valence-electron chi connectivity index (χ4n) is 1.93. The molecule has 1 aromatic carbocycles. The van der Waals surface area contributed by atoms with Gasteiger partial charge in [0.2, 0.25) is 15.9 Å². The lowest BCUT2D eigenvalue weighted by Gasteiger charge is -2.10. The molecule has 0 radical (unpaired) electrons. The first-order valence-corrected chi connectivity index (χ1v) is 8.86. The summed E-state index contributed by atoms with van der Waals surface area (Å²) < 4.78 is 26.5. The van der Waals surface area contributed by atoms with Gasteiger partial charge in [-0.25, -0.2) is 13.1 Å². The van der Waals surface area contributed by atoms with E-state index in [0.717, 1.165) is 5.56 Å². The molecule has 126 valence electrons. The Balaban J connectivity index is 2.01. The maximum absolute atomic E-state index is 12.0. The first-order valence-electron chi connectivity index (χ1n) is 7.38. The number of benzene rings is 1. The van der Waals surface area contributed by atoms with Crippen molar-refractivity contribution < 1.29 is 13.2 Å². The molecule has 6 nitrogen and oxygen atoms in total. The first-order chi connectivity index (χ1) is 11.4. The number of amides is 1. The summed E-state index contributed by atoms with van der Waals surface area (Å²) in [6.45, 7) is 3.50. The Morgan fingerprint density at radius 2 is 1.88 bits per heavy atom. The number of aromatic nitrogens is 1. The molecule has 0 saturated heterocycles. The van der Waals surface area contributed by atoms with Crippen LogP contribution in [-0.2, 0) is 14.8 Å². The highest BCUT2D eigenvalue weighted by molar-refractivity contribution is 7.89. The van der Waals surface area contributed by atoms with Gasteiger partial charge < -0.3 is 5.32 Å². The average Bonchev–Trinajstić information content (AvgIpc) is 2.53. The highest BCUT2D eigenvalue weighted by Crippen LogP contribution is 2.14. The Kier molecular flexibility index (Phi) is 5.83. The van der Waals surface area contributed by atoms with Crippen LogP contribution in [0.4, 0.5) is 5.69 Å². The van der Waals surface area contributed by atoms with Gasteiger partial charge in [0.05, 0.1) is 4.90 Å². The van der Waals surface area contributed by atoms with Gasteiger partial charge in [-0.1, -0.05) is 6.07 Å². The van der Waals surface area contributed by atoms with E-state index in [-0.39, 0.29) is 16.8 Å². The van der Waals surface area contributed by atoms with E-state index in [4.69, 9.17) is 0 Å². The molecule has 1 aromatic heterocycles. The van der Waals surface area contributed by atoms with Crippen molar-refractivity contribution >= 4 is 27.7 Å². The summed E-state index contributed by atoms with van der Waals surface area (Å²) in [5.41, 5.74) is 1.33. The fourth-order valence-corrected chi connectivity index (χ4v) is 3.18. The number of carbonyl (C=O) groups is 1. The molecule has 0 saturated carbocycles. The van der Waals surface area contributed by atoms with Gasteiger partial charge >= 0.3 is 0 Å². The van der Waals surface area contributed by atoms with Crippen molar-refractivity contribution in [1.82, 2.24) is 9.71 Å². The number of nitrogens with one attached hydrogen (secondary N) is 2. The zero-order valence-corrected chi connectivity index (χ0v) is 14.2. The topological polar surface area (TPSA) is 88.2 Å². The van der Waals surface area contributed by atoms with Gasteiger partial charge in [0.15, 0.2) is 0 Å². The zero-order valence-electron chi connectivity index (χ0n) is 13.4. The summed E-state index contributed by atoms with van der Waals surface area (Å²) >= 11 is 0. The lowest BCUT2D eigenvalue weighted by atomic mass is 10.2. The minimum absolute atomic E-state index is 0.153. The number of hydrogen-bond donors (Lipinski definition) is 2. The molecular formula is C17H19N3O3S. The molecule has 1 heterocycles. The van der Waals surface area contributed by atoms with Crippen LogP contribution < -0.4 is 10.0 Å². The largest absolute Gasteiger partial charge is 0.323 e. The molecule has 0 aliphatic heterocycles. The third-order valence-corrected chi connectivity index (χ3v) is 4.61. The average molecular weight is 345 g/mol. The summed E-state index contributed by atoms with van der Waals surface area (Å²) in [7, 11) is -3.53. The van der Waals surface area contributed by atoms with E-state index in [9.17, 15) is 13.2 Å². The van der Waals surface area contributed by atoms with Crippen molar-refractivity contribution in [3.05, 3.63) is 60.4 Å². The number of anilines is 1. The fraction of sp³-hybridized carbons (Fsp3) is 0.176. The van der Waals surface area contributed by atoms with Gasteiger partial charge in [-0.2, -0.15) is 0 Å². The van der Waals surface area contributed by atoms with Gasteiger partial charge in [0.25, 0.3) is 0 Å². The maximum atomic E-state index is 12.0. The molecule has 0 atom stereocenters. The highest BCUT2D eigenvalue weighted by Gasteiger charge is 2.14. The van der Waals surface area contributed by atoms with Crippen LogP contribution in [0.1, 0.15) is 19.4 Å². The monoisotopic (exact) mass is 345 g/mol. The molecule has 24 heavy (non-hydrogen) atoms. The van der Waals surface area contributed by atoms with Crippen LogP contribution in [0.3, 0.4) is 0 Å². The van der Waals surface area contributed by atoms with Crippen LogP contribution in [0.2, 0.25) is 0 Å². The summed E-state index contributed by atoms with van der Waals surface area (Å²) in [6, 6.07) is 9.42. The van der Waals surface area contributed by atoms with Gasteiger partial charge in [-0.15, -0.1) is 0 Å². The van der Waals surface area contributed by atoms with Gasteiger partial charge in [-0.05, 0) is 55.8 Å². The summed E-state index contributed by atoms with van der Waals surface area (Å²) in [4.78, 5) is 16.0. The predicted molar refractivity (Wildman–Crippen MR) is 93.8 cm³/mol. The van der Waals surface area contributed by atoms with Crippen LogP contribution in [0.25, 0.3) is 6.08 Å². The third-order valence-electron chi connectivity index (χ3n) is 2.93. The predicted octanol–water partition coefficient (Wildman–Crippen LogP) is 2.42. The van der Waals surface area contributed by atoms with Crippen molar-refractivity contribution in [3.63, 3.8) is 0 Å². The second-order valence-corrected chi connectivity index (χ2v) is 7.12. The quantitative estimate of drug-likeness (QED) is 0.787. The van der Waals surface area contributed by atoms with Crippen molar-refractivity contribution in [2.45, 2.75) is 24.8 Å². The highest BCUT2D eigenvalue weighted by atomic mass is 32.2. The molecule has 0 aliphatic carbocycles. The molecule has 2 aromatic rings. The molecule has 7 heteroatoms. The summed E-state index contributed by atoms with van der Waals surface area (Å²) in [5, 5.41) is 2.67. The van der Waals surface area contributed by atoms with Gasteiger partial charge in [-0.3, -0.25) is 9.78 Å². The Bertz CT molecular complexity index is 814. The van der Waals surface area contributed by atoms with Crippen LogP contribution >= 0.6 is 0 Å². The zero-order chi connectivity index (χ0) is 17.6. The Hall–Kier alpha value is -2.51. The van der Waals surface area contributed by atoms with Crippen molar-refractivity contribution in [2.75, 3.05) is 5.32 Å². The van der Waals surface area contributed by atoms with Crippen LogP contribution in [0, 0.1) is 0 Å². The van der Waals surface area contributed by atoms with E-state index in [0.29, 0.717) is 5.69 Å². The Morgan fingerprint density at radius 1 is 1.17 bits per heavy atom. The molecule has 0 fully saturated rings. The lowest BCUT2D eigenvalue weighted by molar-refractivity contribution is -0.111. The molecule has 1 amide bonds. The summed E-state index contributed by atoms with van der Waals surface area (Å²) in [5.74, 6) is -0.310. The molecule has 0 spiro atoms. The smallest absolute Gasteiger partial charge is 0.248 e.